The molecule has 0 atom stereocenters. The number of H-pyrrole nitrogens is 1. The number of nitrogens with zero attached hydrogens (tertiary/aromatic N) is 2. The van der Waals surface area contributed by atoms with Crippen LogP contribution in [-0.2, 0) is 9.47 Å². The molecule has 116 valence electrons. The molecule has 2 aliphatic rings. The molecule has 0 unspecified atom stereocenters. The lowest BCUT2D eigenvalue weighted by molar-refractivity contribution is -0.179. The number of carbonyl (C=O) groups is 1. The third kappa shape index (κ3) is 2.46. The van der Waals surface area contributed by atoms with Gasteiger partial charge in [-0.15, -0.1) is 0 Å². The van der Waals surface area contributed by atoms with Gasteiger partial charge < -0.3 is 14.8 Å². The first-order valence-corrected chi connectivity index (χ1v) is 7.63. The second kappa shape index (κ2) is 5.33. The highest BCUT2D eigenvalue weighted by atomic mass is 16.7. The van der Waals surface area contributed by atoms with E-state index >= 15 is 0 Å². The molecule has 1 aromatic heterocycles. The highest BCUT2D eigenvalue weighted by Gasteiger charge is 2.40. The number of hydrogen-bond acceptors (Lipinski definition) is 5. The molecule has 1 saturated heterocycles. The van der Waals surface area contributed by atoms with Gasteiger partial charge in [-0.3, -0.25) is 4.79 Å². The van der Waals surface area contributed by atoms with Gasteiger partial charge in [0.2, 0.25) is 0 Å². The number of rotatable bonds is 2. The zero-order chi connectivity index (χ0) is 15.0. The van der Waals surface area contributed by atoms with Gasteiger partial charge >= 0.3 is 0 Å². The van der Waals surface area contributed by atoms with Gasteiger partial charge in [-0.1, -0.05) is 0 Å². The number of amides is 1. The molecule has 7 heteroatoms. The van der Waals surface area contributed by atoms with Gasteiger partial charge in [0.05, 0.1) is 13.2 Å². The Balaban J connectivity index is 1.39. The fourth-order valence-corrected chi connectivity index (χ4v) is 3.24. The number of benzene rings is 1. The number of fused-ring (bicyclic) bond motifs is 1. The van der Waals surface area contributed by atoms with Gasteiger partial charge in [0.15, 0.2) is 5.79 Å². The highest BCUT2D eigenvalue weighted by Crippen LogP contribution is 2.35. The van der Waals surface area contributed by atoms with Crippen LogP contribution in [-0.4, -0.2) is 46.4 Å². The average molecular weight is 302 g/mol. The number of carbonyl (C=O) groups excluding carboxylic acids is 1. The zero-order valence-corrected chi connectivity index (χ0v) is 12.2. The van der Waals surface area contributed by atoms with Crippen LogP contribution in [0, 0.1) is 0 Å². The molecule has 1 amide bonds. The molecule has 22 heavy (non-hydrogen) atoms. The maximum absolute atomic E-state index is 12.4. The summed E-state index contributed by atoms with van der Waals surface area (Å²) in [7, 11) is 0. The number of hydrogen-bond donors (Lipinski definition) is 2. The second-order valence-corrected chi connectivity index (χ2v) is 5.88. The van der Waals surface area contributed by atoms with Crippen LogP contribution < -0.4 is 5.32 Å². The Morgan fingerprint density at radius 3 is 2.68 bits per heavy atom. The van der Waals surface area contributed by atoms with E-state index in [1.165, 1.54) is 0 Å². The minimum Gasteiger partial charge on any atom is -0.349 e. The largest absolute Gasteiger partial charge is 0.349 e. The fourth-order valence-electron chi connectivity index (χ4n) is 3.24. The quantitative estimate of drug-likeness (QED) is 0.874. The van der Waals surface area contributed by atoms with E-state index in [-0.39, 0.29) is 17.7 Å². The van der Waals surface area contributed by atoms with E-state index in [0.29, 0.717) is 24.3 Å². The standard InChI is InChI=1S/C15H18N4O3/c20-14(10-1-2-12-13(9-10)18-19-17-12)16-11-3-5-15(6-4-11)21-7-8-22-15/h1-2,9,11H,3-8H2,(H,16,20)(H,17,18,19). The summed E-state index contributed by atoms with van der Waals surface area (Å²) >= 11 is 0. The highest BCUT2D eigenvalue weighted by molar-refractivity contribution is 5.97. The molecule has 2 N–H and O–H groups in total. The molecular weight excluding hydrogens is 284 g/mol. The van der Waals surface area contributed by atoms with Crippen molar-refractivity contribution in [3.63, 3.8) is 0 Å². The Hall–Kier alpha value is -1.99. The summed E-state index contributed by atoms with van der Waals surface area (Å²) in [5, 5.41) is 13.6. The number of nitrogens with one attached hydrogen (secondary N) is 2. The molecule has 1 spiro atoms. The number of aromatic amines is 1. The summed E-state index contributed by atoms with van der Waals surface area (Å²) in [5.74, 6) is -0.458. The smallest absolute Gasteiger partial charge is 0.251 e. The predicted molar refractivity (Wildman–Crippen MR) is 78.2 cm³/mol. The monoisotopic (exact) mass is 302 g/mol. The summed E-state index contributed by atoms with van der Waals surface area (Å²) in [6.45, 7) is 1.35. The lowest BCUT2D eigenvalue weighted by Crippen LogP contribution is -2.44. The third-order valence-electron chi connectivity index (χ3n) is 4.47. The van der Waals surface area contributed by atoms with E-state index in [0.717, 1.165) is 31.2 Å². The van der Waals surface area contributed by atoms with E-state index < -0.39 is 0 Å². The summed E-state index contributed by atoms with van der Waals surface area (Å²) in [5.41, 5.74) is 2.06. The third-order valence-corrected chi connectivity index (χ3v) is 4.47. The molecule has 4 rings (SSSR count). The van der Waals surface area contributed by atoms with Crippen molar-refractivity contribution in [3.05, 3.63) is 23.8 Å². The molecule has 0 bridgehead atoms. The first-order valence-electron chi connectivity index (χ1n) is 7.63. The Bertz CT molecular complexity index is 683. The Kier molecular flexibility index (Phi) is 3.31. The zero-order valence-electron chi connectivity index (χ0n) is 12.2. The molecule has 1 aliphatic heterocycles. The molecule has 2 aromatic rings. The van der Waals surface area contributed by atoms with Crippen molar-refractivity contribution in [3.8, 4) is 0 Å². The van der Waals surface area contributed by atoms with Gasteiger partial charge in [0, 0.05) is 24.4 Å². The van der Waals surface area contributed by atoms with Crippen molar-refractivity contribution in [2.45, 2.75) is 37.5 Å². The number of ether oxygens (including phenoxy) is 2. The van der Waals surface area contributed by atoms with Gasteiger partial charge in [-0.2, -0.15) is 15.4 Å². The molecule has 2 heterocycles. The summed E-state index contributed by atoms with van der Waals surface area (Å²) in [4.78, 5) is 12.4. The van der Waals surface area contributed by atoms with Gasteiger partial charge in [-0.25, -0.2) is 0 Å². The SMILES string of the molecule is O=C(NC1CCC2(CC1)OCCO2)c1ccc2n[nH]nc2c1. The molecule has 1 aromatic carbocycles. The molecule has 1 saturated carbocycles. The van der Waals surface area contributed by atoms with Crippen molar-refractivity contribution in [2.24, 2.45) is 0 Å². The van der Waals surface area contributed by atoms with Crippen LogP contribution in [0.15, 0.2) is 18.2 Å². The molecular formula is C15H18N4O3. The van der Waals surface area contributed by atoms with Crippen LogP contribution in [0.1, 0.15) is 36.0 Å². The summed E-state index contributed by atoms with van der Waals surface area (Å²) in [6, 6.07) is 5.48. The van der Waals surface area contributed by atoms with Gasteiger partial charge in [0.1, 0.15) is 11.0 Å². The Morgan fingerprint density at radius 1 is 1.18 bits per heavy atom. The van der Waals surface area contributed by atoms with Crippen molar-refractivity contribution < 1.29 is 14.3 Å². The van der Waals surface area contributed by atoms with Crippen molar-refractivity contribution in [1.29, 1.82) is 0 Å². The predicted octanol–water partition coefficient (Wildman–Crippen LogP) is 1.37. The average Bonchev–Trinajstić information content (AvgIpc) is 3.18. The van der Waals surface area contributed by atoms with Gasteiger partial charge in [-0.05, 0) is 31.0 Å². The Morgan fingerprint density at radius 2 is 1.91 bits per heavy atom. The van der Waals surface area contributed by atoms with Crippen molar-refractivity contribution in [2.75, 3.05) is 13.2 Å². The fraction of sp³-hybridized carbons (Fsp3) is 0.533. The lowest BCUT2D eigenvalue weighted by atomic mass is 9.90. The van der Waals surface area contributed by atoms with E-state index in [4.69, 9.17) is 9.47 Å². The summed E-state index contributed by atoms with van der Waals surface area (Å²) < 4.78 is 11.4. The maximum atomic E-state index is 12.4. The van der Waals surface area contributed by atoms with Crippen LogP contribution in [0.5, 0.6) is 0 Å². The van der Waals surface area contributed by atoms with Crippen molar-refractivity contribution in [1.82, 2.24) is 20.7 Å². The Labute approximate surface area is 127 Å². The van der Waals surface area contributed by atoms with Crippen LogP contribution in [0.2, 0.25) is 0 Å². The lowest BCUT2D eigenvalue weighted by Gasteiger charge is -2.35. The van der Waals surface area contributed by atoms with Crippen molar-refractivity contribution >= 4 is 16.9 Å². The second-order valence-electron chi connectivity index (χ2n) is 5.88. The van der Waals surface area contributed by atoms with Crippen LogP contribution in [0.4, 0.5) is 0 Å². The summed E-state index contributed by atoms with van der Waals surface area (Å²) in [6.07, 6.45) is 3.41. The molecule has 1 aliphatic carbocycles. The van der Waals surface area contributed by atoms with Gasteiger partial charge in [0.25, 0.3) is 5.91 Å². The molecule has 0 radical (unpaired) electrons. The maximum Gasteiger partial charge on any atom is 0.251 e. The van der Waals surface area contributed by atoms with E-state index in [9.17, 15) is 4.79 Å². The first-order chi connectivity index (χ1) is 10.7. The number of aromatic nitrogens is 3. The van der Waals surface area contributed by atoms with E-state index in [2.05, 4.69) is 20.7 Å². The van der Waals surface area contributed by atoms with E-state index in [1.807, 2.05) is 0 Å². The topological polar surface area (TPSA) is 89.1 Å². The first kappa shape index (κ1) is 13.7. The minimum atomic E-state index is -0.388. The van der Waals surface area contributed by atoms with Crippen LogP contribution in [0.3, 0.4) is 0 Å². The van der Waals surface area contributed by atoms with Crippen LogP contribution >= 0.6 is 0 Å². The van der Waals surface area contributed by atoms with Crippen LogP contribution in [0.25, 0.3) is 11.0 Å². The molecule has 2 fully saturated rings. The van der Waals surface area contributed by atoms with E-state index in [1.54, 1.807) is 18.2 Å². The minimum absolute atomic E-state index is 0.0703. The normalized spacial score (nSPS) is 21.5. The molecule has 7 nitrogen and oxygen atoms in total.